The van der Waals surface area contributed by atoms with Gasteiger partial charge in [-0.05, 0) is 54.5 Å². The normalized spacial score (nSPS) is 18.4. The molecule has 1 aliphatic rings. The first-order chi connectivity index (χ1) is 10.3. The highest BCUT2D eigenvalue weighted by Gasteiger charge is 2.23. The highest BCUT2D eigenvalue weighted by molar-refractivity contribution is 5.44. The predicted molar refractivity (Wildman–Crippen MR) is 86.6 cm³/mol. The van der Waals surface area contributed by atoms with Crippen molar-refractivity contribution >= 4 is 0 Å². The molecular weight excluding hydrogens is 258 g/mol. The monoisotopic (exact) mass is 281 g/mol. The van der Waals surface area contributed by atoms with E-state index in [2.05, 4.69) is 48.6 Å². The van der Waals surface area contributed by atoms with Gasteiger partial charge in [0.15, 0.2) is 0 Å². The van der Waals surface area contributed by atoms with Gasteiger partial charge in [-0.3, -0.25) is 0 Å². The van der Waals surface area contributed by atoms with Crippen LogP contribution in [0.5, 0.6) is 5.75 Å². The minimum atomic E-state index is 0.398. The summed E-state index contributed by atoms with van der Waals surface area (Å²) in [4.78, 5) is 0. The van der Waals surface area contributed by atoms with Crippen molar-refractivity contribution < 1.29 is 5.11 Å². The Morgan fingerprint density at radius 1 is 1.14 bits per heavy atom. The number of benzene rings is 2. The van der Waals surface area contributed by atoms with Crippen LogP contribution >= 0.6 is 0 Å². The molecule has 2 aromatic rings. The maximum Gasteiger partial charge on any atom is 0.119 e. The maximum atomic E-state index is 9.88. The molecule has 21 heavy (non-hydrogen) atoms. The number of phenolic OH excluding ortho intramolecular Hbond substituents is 1. The van der Waals surface area contributed by atoms with Gasteiger partial charge >= 0.3 is 0 Å². The standard InChI is InChI=1S/C19H23NO/c1-14(15-6-3-2-4-7-15)12-13-20-18-11-10-17-16(18)8-5-9-19(17)21/h2-9,14,18,20-21H,10-13H2,1H3. The lowest BCUT2D eigenvalue weighted by Gasteiger charge is -2.17. The number of fused-ring (bicyclic) bond motifs is 1. The molecule has 0 heterocycles. The summed E-state index contributed by atoms with van der Waals surface area (Å²) >= 11 is 0. The van der Waals surface area contributed by atoms with E-state index in [1.165, 1.54) is 11.1 Å². The SMILES string of the molecule is CC(CCNC1CCc2c(O)cccc21)c1ccccc1. The van der Waals surface area contributed by atoms with Gasteiger partial charge in [-0.1, -0.05) is 49.4 Å². The van der Waals surface area contributed by atoms with Crippen molar-refractivity contribution in [1.82, 2.24) is 5.32 Å². The average molecular weight is 281 g/mol. The Bertz CT molecular complexity index is 594. The molecule has 0 bridgehead atoms. The van der Waals surface area contributed by atoms with E-state index < -0.39 is 0 Å². The lowest BCUT2D eigenvalue weighted by Crippen LogP contribution is -2.21. The second kappa shape index (κ2) is 6.31. The molecule has 0 spiro atoms. The van der Waals surface area contributed by atoms with Crippen LogP contribution in [-0.4, -0.2) is 11.7 Å². The van der Waals surface area contributed by atoms with E-state index in [-0.39, 0.29) is 0 Å². The molecule has 0 aliphatic heterocycles. The molecule has 2 aromatic carbocycles. The molecule has 0 fully saturated rings. The van der Waals surface area contributed by atoms with Gasteiger partial charge in [0.2, 0.25) is 0 Å². The van der Waals surface area contributed by atoms with E-state index >= 15 is 0 Å². The van der Waals surface area contributed by atoms with E-state index in [1.54, 1.807) is 6.07 Å². The maximum absolute atomic E-state index is 9.88. The van der Waals surface area contributed by atoms with Crippen molar-refractivity contribution in [2.75, 3.05) is 6.54 Å². The van der Waals surface area contributed by atoms with Gasteiger partial charge in [-0.2, -0.15) is 0 Å². The summed E-state index contributed by atoms with van der Waals surface area (Å²) in [6, 6.07) is 17.0. The Morgan fingerprint density at radius 3 is 2.76 bits per heavy atom. The molecule has 1 aliphatic carbocycles. The summed E-state index contributed by atoms with van der Waals surface area (Å²) in [7, 11) is 0. The zero-order chi connectivity index (χ0) is 14.7. The van der Waals surface area contributed by atoms with Crippen LogP contribution in [0.2, 0.25) is 0 Å². The Balaban J connectivity index is 1.55. The van der Waals surface area contributed by atoms with Crippen LogP contribution in [0, 0.1) is 0 Å². The molecule has 0 saturated heterocycles. The first-order valence-corrected chi connectivity index (χ1v) is 7.85. The second-order valence-corrected chi connectivity index (χ2v) is 5.99. The van der Waals surface area contributed by atoms with Crippen molar-refractivity contribution in [2.24, 2.45) is 0 Å². The molecule has 110 valence electrons. The first-order valence-electron chi connectivity index (χ1n) is 7.85. The molecule has 0 amide bonds. The Labute approximate surface area is 126 Å². The fraction of sp³-hybridized carbons (Fsp3) is 0.368. The number of nitrogens with one attached hydrogen (secondary N) is 1. The van der Waals surface area contributed by atoms with E-state index in [9.17, 15) is 5.11 Å². The van der Waals surface area contributed by atoms with E-state index in [0.717, 1.165) is 31.4 Å². The van der Waals surface area contributed by atoms with Crippen LogP contribution in [0.25, 0.3) is 0 Å². The summed E-state index contributed by atoms with van der Waals surface area (Å²) < 4.78 is 0. The number of hydrogen-bond donors (Lipinski definition) is 2. The summed E-state index contributed by atoms with van der Waals surface area (Å²) in [6.07, 6.45) is 3.20. The second-order valence-electron chi connectivity index (χ2n) is 5.99. The first kappa shape index (κ1) is 14.2. The molecule has 2 nitrogen and oxygen atoms in total. The van der Waals surface area contributed by atoms with Gasteiger partial charge in [-0.15, -0.1) is 0 Å². The van der Waals surface area contributed by atoms with Crippen molar-refractivity contribution in [3.8, 4) is 5.75 Å². The fourth-order valence-corrected chi connectivity index (χ4v) is 3.27. The van der Waals surface area contributed by atoms with Gasteiger partial charge in [0.1, 0.15) is 5.75 Å². The number of rotatable bonds is 5. The molecular formula is C19H23NO. The quantitative estimate of drug-likeness (QED) is 0.862. The van der Waals surface area contributed by atoms with Crippen molar-refractivity contribution in [2.45, 2.75) is 38.1 Å². The van der Waals surface area contributed by atoms with Crippen LogP contribution in [-0.2, 0) is 6.42 Å². The van der Waals surface area contributed by atoms with Gasteiger partial charge < -0.3 is 10.4 Å². The zero-order valence-corrected chi connectivity index (χ0v) is 12.5. The number of aromatic hydroxyl groups is 1. The van der Waals surface area contributed by atoms with Gasteiger partial charge in [0, 0.05) is 6.04 Å². The molecule has 2 heteroatoms. The average Bonchev–Trinajstić information content (AvgIpc) is 2.93. The largest absolute Gasteiger partial charge is 0.508 e. The van der Waals surface area contributed by atoms with Gasteiger partial charge in [0.25, 0.3) is 0 Å². The molecule has 3 rings (SSSR count). The van der Waals surface area contributed by atoms with Crippen LogP contribution in [0.3, 0.4) is 0 Å². The van der Waals surface area contributed by atoms with Crippen LogP contribution in [0.1, 0.15) is 48.4 Å². The van der Waals surface area contributed by atoms with E-state index in [1.807, 2.05) is 6.07 Å². The summed E-state index contributed by atoms with van der Waals surface area (Å²) in [5.74, 6) is 1.03. The molecule has 2 N–H and O–H groups in total. The lowest BCUT2D eigenvalue weighted by molar-refractivity contribution is 0.469. The summed E-state index contributed by atoms with van der Waals surface area (Å²) in [5, 5.41) is 13.5. The highest BCUT2D eigenvalue weighted by Crippen LogP contribution is 2.36. The summed E-state index contributed by atoms with van der Waals surface area (Å²) in [6.45, 7) is 3.29. The van der Waals surface area contributed by atoms with Gasteiger partial charge in [0.05, 0.1) is 0 Å². The molecule has 0 radical (unpaired) electrons. The van der Waals surface area contributed by atoms with Crippen LogP contribution in [0.4, 0.5) is 0 Å². The van der Waals surface area contributed by atoms with Crippen molar-refractivity contribution in [3.63, 3.8) is 0 Å². The smallest absolute Gasteiger partial charge is 0.119 e. The lowest BCUT2D eigenvalue weighted by atomic mass is 9.97. The predicted octanol–water partition coefficient (Wildman–Crippen LogP) is 4.16. The Hall–Kier alpha value is -1.80. The highest BCUT2D eigenvalue weighted by atomic mass is 16.3. The topological polar surface area (TPSA) is 32.3 Å². The third-order valence-corrected chi connectivity index (χ3v) is 4.58. The Kier molecular flexibility index (Phi) is 4.26. The van der Waals surface area contributed by atoms with E-state index in [0.29, 0.717) is 17.7 Å². The third-order valence-electron chi connectivity index (χ3n) is 4.58. The van der Waals surface area contributed by atoms with Crippen molar-refractivity contribution in [3.05, 3.63) is 65.2 Å². The number of hydrogen-bond acceptors (Lipinski definition) is 2. The van der Waals surface area contributed by atoms with Gasteiger partial charge in [-0.25, -0.2) is 0 Å². The fourth-order valence-electron chi connectivity index (χ4n) is 3.27. The minimum Gasteiger partial charge on any atom is -0.508 e. The van der Waals surface area contributed by atoms with E-state index in [4.69, 9.17) is 0 Å². The molecule has 0 aromatic heterocycles. The van der Waals surface area contributed by atoms with Crippen molar-refractivity contribution in [1.29, 1.82) is 0 Å². The molecule has 2 atom stereocenters. The zero-order valence-electron chi connectivity index (χ0n) is 12.5. The number of phenols is 1. The minimum absolute atomic E-state index is 0.398. The summed E-state index contributed by atoms with van der Waals surface area (Å²) in [5.41, 5.74) is 3.82. The molecule has 2 unspecified atom stereocenters. The Morgan fingerprint density at radius 2 is 1.95 bits per heavy atom. The van der Waals surface area contributed by atoms with Crippen LogP contribution < -0.4 is 5.32 Å². The third kappa shape index (κ3) is 3.11. The van der Waals surface area contributed by atoms with Crippen LogP contribution in [0.15, 0.2) is 48.5 Å². The molecule has 0 saturated carbocycles.